The van der Waals surface area contributed by atoms with E-state index >= 15 is 0 Å². The van der Waals surface area contributed by atoms with E-state index in [9.17, 15) is 23.8 Å². The molecule has 12 heteroatoms. The van der Waals surface area contributed by atoms with Crippen molar-refractivity contribution in [3.63, 3.8) is 0 Å². The lowest BCUT2D eigenvalue weighted by molar-refractivity contribution is -0.845. The molecule has 0 saturated carbocycles. The third-order valence-electron chi connectivity index (χ3n) is 11.4. The van der Waals surface area contributed by atoms with E-state index in [1.54, 1.807) is 13.8 Å². The number of urea groups is 1. The number of hydrogen-bond donors (Lipinski definition) is 3. The molecule has 0 aromatic heterocycles. The van der Waals surface area contributed by atoms with Crippen LogP contribution in [0, 0.1) is 0 Å². The third-order valence-corrected chi connectivity index (χ3v) is 12.5. The zero-order chi connectivity index (χ0) is 44.1. The Bertz CT molecular complexity index is 941. The highest BCUT2D eigenvalue weighted by atomic mass is 31.2. The van der Waals surface area contributed by atoms with Gasteiger partial charge in [-0.25, -0.2) is 9.28 Å². The molecule has 0 spiro atoms. The van der Waals surface area contributed by atoms with Crippen LogP contribution in [0.25, 0.3) is 0 Å². The molecule has 0 saturated heterocycles. The summed E-state index contributed by atoms with van der Waals surface area (Å²) < 4.78 is 19.0. The van der Waals surface area contributed by atoms with Crippen molar-refractivity contribution in [2.24, 2.45) is 5.73 Å². The maximum absolute atomic E-state index is 12.4. The number of nitrogens with two attached hydrogens (primary N) is 1. The summed E-state index contributed by atoms with van der Waals surface area (Å²) in [6.45, 7) is 12.2. The van der Waals surface area contributed by atoms with Gasteiger partial charge < -0.3 is 30.3 Å². The lowest BCUT2D eigenvalue weighted by Crippen LogP contribution is -2.60. The molecule has 0 bridgehead atoms. The number of rotatable bonds is 43. The standard InChI is InChI=1S/C43H86N4O3.C4H11O4P/c1-4-7-9-11-13-15-17-19-21-23-25-27-29-31-33-35-41(48)45-37-39-47(6-3,43(44)50)40-38-46-42(49)36-34-32-30-28-26-24-22-20-18-16-14-12-10-8-5-2;1-3-7-9(5,6)8-4-2/h4-40H2,1-3H3,(H3-,44,45,46,48,49,50);3-4H2,1-2H3,(H,5,6). The summed E-state index contributed by atoms with van der Waals surface area (Å²) in [6.07, 6.45) is 40.4. The van der Waals surface area contributed by atoms with Crippen molar-refractivity contribution >= 4 is 25.7 Å². The molecule has 352 valence electrons. The molecule has 0 aliphatic rings. The Morgan fingerprint density at radius 2 is 0.729 bits per heavy atom. The van der Waals surface area contributed by atoms with E-state index in [-0.39, 0.29) is 29.5 Å². The zero-order valence-electron chi connectivity index (χ0n) is 39.4. The Hall–Kier alpha value is -1.52. The number of nitrogens with zero attached hydrogens (tertiary/aromatic N) is 1. The Morgan fingerprint density at radius 1 is 0.475 bits per heavy atom. The van der Waals surface area contributed by atoms with E-state index in [1.807, 2.05) is 6.92 Å². The third kappa shape index (κ3) is 41.6. The molecule has 0 unspecified atom stereocenters. The van der Waals surface area contributed by atoms with Crippen LogP contribution in [0.15, 0.2) is 0 Å². The average molecular weight is 861 g/mol. The van der Waals surface area contributed by atoms with Crippen molar-refractivity contribution in [1.82, 2.24) is 10.6 Å². The maximum Gasteiger partial charge on any atom is 0.414 e. The number of phosphoric acid groups is 1. The van der Waals surface area contributed by atoms with Crippen molar-refractivity contribution in [3.8, 4) is 0 Å². The summed E-state index contributed by atoms with van der Waals surface area (Å²) in [7, 11) is -3.94. The first-order valence-corrected chi connectivity index (χ1v) is 26.3. The Kier molecular flexibility index (Phi) is 45.0. The minimum atomic E-state index is -3.94. The fourth-order valence-corrected chi connectivity index (χ4v) is 8.17. The monoisotopic (exact) mass is 861 g/mol. The van der Waals surface area contributed by atoms with Crippen molar-refractivity contribution in [2.75, 3.05) is 45.9 Å². The topological polar surface area (TPSA) is 160 Å². The van der Waals surface area contributed by atoms with Crippen molar-refractivity contribution in [2.45, 2.75) is 240 Å². The minimum Gasteiger partial charge on any atom is -0.756 e. The number of amides is 4. The lowest BCUT2D eigenvalue weighted by Gasteiger charge is -2.33. The first kappa shape index (κ1) is 59.6. The average Bonchev–Trinajstić information content (AvgIpc) is 3.20. The molecule has 0 heterocycles. The summed E-state index contributed by atoms with van der Waals surface area (Å²) in [5.41, 5.74) is 5.82. The van der Waals surface area contributed by atoms with Gasteiger partial charge in [-0.1, -0.05) is 194 Å². The summed E-state index contributed by atoms with van der Waals surface area (Å²) in [4.78, 5) is 47.7. The lowest BCUT2D eigenvalue weighted by atomic mass is 10.0. The van der Waals surface area contributed by atoms with Crippen molar-refractivity contribution in [1.29, 1.82) is 0 Å². The molecule has 0 rings (SSSR count). The molecule has 4 amide bonds. The molecule has 4 N–H and O–H groups in total. The van der Waals surface area contributed by atoms with Gasteiger partial charge in [-0.15, -0.1) is 0 Å². The van der Waals surface area contributed by atoms with Gasteiger partial charge in [-0.3, -0.25) is 14.2 Å². The highest BCUT2D eigenvalue weighted by molar-refractivity contribution is 7.45. The largest absolute Gasteiger partial charge is 0.756 e. The van der Waals surface area contributed by atoms with Crippen LogP contribution in [0.4, 0.5) is 4.79 Å². The second-order valence-electron chi connectivity index (χ2n) is 16.6. The predicted octanol–water partition coefficient (Wildman–Crippen LogP) is 12.2. The Labute approximate surface area is 364 Å². The number of carbonyl (C=O) groups is 3. The second-order valence-corrected chi connectivity index (χ2v) is 18.0. The predicted molar refractivity (Wildman–Crippen MR) is 246 cm³/mol. The van der Waals surface area contributed by atoms with E-state index in [0.717, 1.165) is 25.7 Å². The molecule has 59 heavy (non-hydrogen) atoms. The van der Waals surface area contributed by atoms with E-state index < -0.39 is 13.9 Å². The van der Waals surface area contributed by atoms with Gasteiger partial charge in [0.15, 0.2) is 0 Å². The van der Waals surface area contributed by atoms with Gasteiger partial charge in [0.05, 0.1) is 32.8 Å². The summed E-state index contributed by atoms with van der Waals surface area (Å²) in [5.74, 6) is 0.102. The number of nitrogens with one attached hydrogen (secondary N) is 2. The van der Waals surface area contributed by atoms with Crippen LogP contribution in [0.3, 0.4) is 0 Å². The molecular formula is C47H97N4O7P. The molecule has 0 aliphatic carbocycles. The maximum atomic E-state index is 12.4. The molecule has 0 fully saturated rings. The number of quaternary nitrogens is 1. The molecule has 0 aliphatic heterocycles. The highest BCUT2D eigenvalue weighted by Crippen LogP contribution is 2.37. The quantitative estimate of drug-likeness (QED) is 0.0312. The van der Waals surface area contributed by atoms with Crippen LogP contribution in [0.2, 0.25) is 0 Å². The fraction of sp³-hybridized carbons (Fsp3) is 0.936. The Balaban J connectivity index is 0. The first-order chi connectivity index (χ1) is 28.5. The summed E-state index contributed by atoms with van der Waals surface area (Å²) in [5, 5.41) is 6.00. The summed E-state index contributed by atoms with van der Waals surface area (Å²) in [6, 6.07) is -0.402. The zero-order valence-corrected chi connectivity index (χ0v) is 40.3. The van der Waals surface area contributed by atoms with Gasteiger partial charge in [0.25, 0.3) is 7.82 Å². The van der Waals surface area contributed by atoms with Crippen LogP contribution < -0.4 is 21.3 Å². The normalized spacial score (nSPS) is 11.6. The van der Waals surface area contributed by atoms with Gasteiger partial charge in [-0.05, 0) is 33.6 Å². The number of carbonyl (C=O) groups excluding carboxylic acids is 3. The van der Waals surface area contributed by atoms with Crippen LogP contribution >= 0.6 is 7.82 Å². The first-order valence-electron chi connectivity index (χ1n) is 24.8. The smallest absolute Gasteiger partial charge is 0.414 e. The number of phosphoric ester groups is 1. The van der Waals surface area contributed by atoms with E-state index in [2.05, 4.69) is 33.5 Å². The molecule has 0 atom stereocenters. The van der Waals surface area contributed by atoms with Gasteiger partial charge >= 0.3 is 6.03 Å². The summed E-state index contributed by atoms with van der Waals surface area (Å²) >= 11 is 0. The Morgan fingerprint density at radius 3 is 0.949 bits per heavy atom. The van der Waals surface area contributed by atoms with Crippen molar-refractivity contribution < 1.29 is 37.4 Å². The van der Waals surface area contributed by atoms with Crippen LogP contribution in [-0.4, -0.2) is 68.3 Å². The van der Waals surface area contributed by atoms with Gasteiger partial charge in [0.2, 0.25) is 11.8 Å². The SMILES string of the molecule is CCCCCCCCCCCCCCCCCC(=O)NCC[N+](CC)(CCNC(=O)CCCCCCCCCCCCCCCCC)C(N)=O.CCOP(=O)([O-])OCC. The van der Waals surface area contributed by atoms with Crippen LogP contribution in [0.5, 0.6) is 0 Å². The number of primary amides is 1. The van der Waals surface area contributed by atoms with Gasteiger partial charge in [0.1, 0.15) is 13.1 Å². The molecule has 11 nitrogen and oxygen atoms in total. The van der Waals surface area contributed by atoms with Gasteiger partial charge in [0, 0.05) is 12.8 Å². The molecular weight excluding hydrogens is 764 g/mol. The number of unbranched alkanes of at least 4 members (excludes halogenated alkanes) is 28. The van der Waals surface area contributed by atoms with E-state index in [0.29, 0.717) is 45.6 Å². The second kappa shape index (κ2) is 44.5. The molecule has 0 aromatic carbocycles. The van der Waals surface area contributed by atoms with Crippen molar-refractivity contribution in [3.05, 3.63) is 0 Å². The number of likely N-dealkylation sites (N-methyl/N-ethyl adjacent to an activating group) is 1. The van der Waals surface area contributed by atoms with Gasteiger partial charge in [-0.2, -0.15) is 0 Å². The van der Waals surface area contributed by atoms with E-state index in [4.69, 9.17) is 5.73 Å². The fourth-order valence-electron chi connectivity index (χ4n) is 7.47. The molecule has 0 radical (unpaired) electrons. The minimum absolute atomic E-state index is 0.0511. The number of hydrogen-bond acceptors (Lipinski definition) is 7. The van der Waals surface area contributed by atoms with Crippen LogP contribution in [-0.2, 0) is 23.2 Å². The molecule has 0 aromatic rings. The highest BCUT2D eigenvalue weighted by Gasteiger charge is 2.32. The van der Waals surface area contributed by atoms with E-state index in [1.165, 1.54) is 167 Å². The van der Waals surface area contributed by atoms with Crippen LogP contribution in [0.1, 0.15) is 240 Å².